The van der Waals surface area contributed by atoms with Crippen molar-refractivity contribution in [2.45, 2.75) is 26.0 Å². The maximum atomic E-state index is 5.48. The van der Waals surface area contributed by atoms with E-state index in [-0.39, 0.29) is 0 Å². The fraction of sp³-hybridized carbons (Fsp3) is 0.750. The molecule has 20 heavy (non-hydrogen) atoms. The summed E-state index contributed by atoms with van der Waals surface area (Å²) in [7, 11) is 0. The third-order valence-electron chi connectivity index (χ3n) is 3.31. The summed E-state index contributed by atoms with van der Waals surface area (Å²) in [5, 5.41) is 0.590. The number of rotatable bonds is 5. The van der Waals surface area contributed by atoms with E-state index < -0.39 is 0 Å². The number of hydrogen-bond donors (Lipinski definition) is 2. The maximum Gasteiger partial charge on any atom is 0.243 e. The van der Waals surface area contributed by atoms with Crippen LogP contribution in [0.2, 0.25) is 0 Å². The number of nitrogens with one attached hydrogen (secondary N) is 1. The van der Waals surface area contributed by atoms with Crippen molar-refractivity contribution in [1.82, 2.24) is 15.0 Å². The number of thioether (sulfide) groups is 1. The zero-order valence-electron chi connectivity index (χ0n) is 12.3. The number of aromatic nitrogens is 3. The minimum atomic E-state index is 0.419. The molecule has 0 bridgehead atoms. The van der Waals surface area contributed by atoms with E-state index in [0.29, 0.717) is 23.1 Å². The van der Waals surface area contributed by atoms with Gasteiger partial charge in [0.2, 0.25) is 17.8 Å². The van der Waals surface area contributed by atoms with Crippen LogP contribution in [-0.4, -0.2) is 52.1 Å². The first-order valence-electron chi connectivity index (χ1n) is 7.02. The SMILES string of the molecule is CCN(CC)c1nc(NN)nc(N2CCSC(C)C2)n1. The molecule has 1 aliphatic rings. The molecule has 1 unspecified atom stereocenters. The summed E-state index contributed by atoms with van der Waals surface area (Å²) in [5.41, 5.74) is 2.54. The molecule has 1 fully saturated rings. The Morgan fingerprint density at radius 2 is 2.10 bits per heavy atom. The normalized spacial score (nSPS) is 19.0. The third kappa shape index (κ3) is 3.43. The van der Waals surface area contributed by atoms with Crippen LogP contribution in [0.4, 0.5) is 17.8 Å². The third-order valence-corrected chi connectivity index (χ3v) is 4.45. The Morgan fingerprint density at radius 3 is 2.70 bits per heavy atom. The number of anilines is 3. The van der Waals surface area contributed by atoms with Gasteiger partial charge in [0.15, 0.2) is 0 Å². The van der Waals surface area contributed by atoms with Gasteiger partial charge in [-0.1, -0.05) is 6.92 Å². The molecule has 0 aliphatic carbocycles. The quantitative estimate of drug-likeness (QED) is 0.614. The monoisotopic (exact) mass is 297 g/mol. The Morgan fingerprint density at radius 1 is 1.35 bits per heavy atom. The van der Waals surface area contributed by atoms with Crippen LogP contribution in [0.15, 0.2) is 0 Å². The second-order valence-electron chi connectivity index (χ2n) is 4.70. The van der Waals surface area contributed by atoms with Crippen molar-refractivity contribution >= 4 is 29.6 Å². The lowest BCUT2D eigenvalue weighted by atomic mass is 10.4. The predicted molar refractivity (Wildman–Crippen MR) is 85.3 cm³/mol. The zero-order valence-corrected chi connectivity index (χ0v) is 13.2. The first kappa shape index (κ1) is 15.1. The van der Waals surface area contributed by atoms with Gasteiger partial charge in [0.25, 0.3) is 0 Å². The lowest BCUT2D eigenvalue weighted by Gasteiger charge is -2.31. The van der Waals surface area contributed by atoms with Crippen LogP contribution < -0.4 is 21.1 Å². The molecule has 1 aromatic rings. The van der Waals surface area contributed by atoms with Crippen LogP contribution in [0.5, 0.6) is 0 Å². The van der Waals surface area contributed by atoms with Crippen molar-refractivity contribution in [3.8, 4) is 0 Å². The van der Waals surface area contributed by atoms with Gasteiger partial charge in [0, 0.05) is 37.2 Å². The Balaban J connectivity index is 2.29. The molecule has 0 amide bonds. The number of nitrogens with two attached hydrogens (primary N) is 1. The highest BCUT2D eigenvalue weighted by Crippen LogP contribution is 2.23. The highest BCUT2D eigenvalue weighted by atomic mass is 32.2. The summed E-state index contributed by atoms with van der Waals surface area (Å²) in [6.45, 7) is 10.0. The van der Waals surface area contributed by atoms with Crippen molar-refractivity contribution in [1.29, 1.82) is 0 Å². The van der Waals surface area contributed by atoms with Gasteiger partial charge in [-0.05, 0) is 13.8 Å². The van der Waals surface area contributed by atoms with E-state index >= 15 is 0 Å². The first-order chi connectivity index (χ1) is 9.67. The van der Waals surface area contributed by atoms with Crippen LogP contribution >= 0.6 is 11.8 Å². The molecule has 3 N–H and O–H groups in total. The van der Waals surface area contributed by atoms with E-state index in [2.05, 4.69) is 50.9 Å². The van der Waals surface area contributed by atoms with E-state index in [1.54, 1.807) is 0 Å². The van der Waals surface area contributed by atoms with Gasteiger partial charge in [-0.2, -0.15) is 26.7 Å². The fourth-order valence-electron chi connectivity index (χ4n) is 2.21. The highest BCUT2D eigenvalue weighted by Gasteiger charge is 2.21. The Labute approximate surface area is 124 Å². The van der Waals surface area contributed by atoms with Crippen molar-refractivity contribution < 1.29 is 0 Å². The van der Waals surface area contributed by atoms with E-state index in [1.165, 1.54) is 0 Å². The first-order valence-corrected chi connectivity index (χ1v) is 8.07. The van der Waals surface area contributed by atoms with Gasteiger partial charge in [0.05, 0.1) is 0 Å². The largest absolute Gasteiger partial charge is 0.341 e. The molecule has 2 heterocycles. The summed E-state index contributed by atoms with van der Waals surface area (Å²) in [4.78, 5) is 17.6. The van der Waals surface area contributed by atoms with Crippen molar-refractivity contribution in [3.63, 3.8) is 0 Å². The second kappa shape index (κ2) is 6.94. The molecule has 112 valence electrons. The molecule has 0 radical (unpaired) electrons. The van der Waals surface area contributed by atoms with E-state index in [1.807, 2.05) is 11.8 Å². The molecule has 1 aromatic heterocycles. The molecular formula is C12H23N7S. The Bertz CT molecular complexity index is 438. The predicted octanol–water partition coefficient (Wildman–Crippen LogP) is 0.945. The summed E-state index contributed by atoms with van der Waals surface area (Å²) in [5.74, 6) is 8.39. The maximum absolute atomic E-state index is 5.48. The van der Waals surface area contributed by atoms with E-state index in [4.69, 9.17) is 5.84 Å². The molecule has 7 nitrogen and oxygen atoms in total. The standard InChI is InChI=1S/C12H23N7S/c1-4-18(5-2)11-14-10(17-13)15-12(16-11)19-6-7-20-9(3)8-19/h9H,4-8,13H2,1-3H3,(H,14,15,16,17). The number of hydrogen-bond acceptors (Lipinski definition) is 8. The van der Waals surface area contributed by atoms with Crippen LogP contribution in [0.25, 0.3) is 0 Å². The van der Waals surface area contributed by atoms with Crippen LogP contribution in [-0.2, 0) is 0 Å². The van der Waals surface area contributed by atoms with E-state index in [9.17, 15) is 0 Å². The van der Waals surface area contributed by atoms with Crippen LogP contribution in [0.1, 0.15) is 20.8 Å². The van der Waals surface area contributed by atoms with Crippen LogP contribution in [0, 0.1) is 0 Å². The summed E-state index contributed by atoms with van der Waals surface area (Å²) in [6, 6.07) is 0. The lowest BCUT2D eigenvalue weighted by Crippen LogP contribution is -2.38. The molecule has 1 saturated heterocycles. The summed E-state index contributed by atoms with van der Waals surface area (Å²) >= 11 is 1.98. The van der Waals surface area contributed by atoms with Crippen molar-refractivity contribution in [2.24, 2.45) is 5.84 Å². The van der Waals surface area contributed by atoms with Crippen molar-refractivity contribution in [2.75, 3.05) is 47.2 Å². The average molecular weight is 297 g/mol. The molecule has 0 spiro atoms. The molecule has 1 atom stereocenters. The summed E-state index contributed by atoms with van der Waals surface area (Å²) < 4.78 is 0. The molecule has 8 heteroatoms. The molecule has 0 aromatic carbocycles. The minimum absolute atomic E-state index is 0.419. The van der Waals surface area contributed by atoms with Crippen molar-refractivity contribution in [3.05, 3.63) is 0 Å². The van der Waals surface area contributed by atoms with E-state index in [0.717, 1.165) is 31.9 Å². The van der Waals surface area contributed by atoms with Gasteiger partial charge in [-0.25, -0.2) is 5.84 Å². The summed E-state index contributed by atoms with van der Waals surface area (Å²) in [6.07, 6.45) is 0. The van der Waals surface area contributed by atoms with Gasteiger partial charge >= 0.3 is 0 Å². The highest BCUT2D eigenvalue weighted by molar-refractivity contribution is 8.00. The topological polar surface area (TPSA) is 83.2 Å². The smallest absolute Gasteiger partial charge is 0.243 e. The second-order valence-corrected chi connectivity index (χ2v) is 6.25. The Hall–Kier alpha value is -1.28. The molecule has 0 saturated carbocycles. The van der Waals surface area contributed by atoms with Gasteiger partial charge in [-0.3, -0.25) is 5.43 Å². The van der Waals surface area contributed by atoms with Gasteiger partial charge in [-0.15, -0.1) is 0 Å². The zero-order chi connectivity index (χ0) is 14.5. The molecule has 2 rings (SSSR count). The minimum Gasteiger partial charge on any atom is -0.341 e. The number of nitrogen functional groups attached to an aromatic ring is 1. The average Bonchev–Trinajstić information content (AvgIpc) is 2.48. The van der Waals surface area contributed by atoms with Gasteiger partial charge in [0.1, 0.15) is 0 Å². The Kier molecular flexibility index (Phi) is 5.24. The number of nitrogens with zero attached hydrogens (tertiary/aromatic N) is 5. The lowest BCUT2D eigenvalue weighted by molar-refractivity contribution is 0.739. The fourth-order valence-corrected chi connectivity index (χ4v) is 3.22. The van der Waals surface area contributed by atoms with Gasteiger partial charge < -0.3 is 9.80 Å². The van der Waals surface area contributed by atoms with Crippen LogP contribution in [0.3, 0.4) is 0 Å². The molecular weight excluding hydrogens is 274 g/mol. The molecule has 1 aliphatic heterocycles. The number of hydrazine groups is 1.